The van der Waals surface area contributed by atoms with E-state index in [1.807, 2.05) is 0 Å². The first kappa shape index (κ1) is 18.3. The smallest absolute Gasteiger partial charge is 0.416 e. The number of alkyl halides is 3. The summed E-state index contributed by atoms with van der Waals surface area (Å²) in [7, 11) is 0. The zero-order valence-corrected chi connectivity index (χ0v) is 14.1. The maximum atomic E-state index is 12.6. The van der Waals surface area contributed by atoms with Gasteiger partial charge in [0.15, 0.2) is 5.82 Å². The molecule has 3 rings (SSSR count). The average Bonchev–Trinajstić information content (AvgIpc) is 3.05. The van der Waals surface area contributed by atoms with Crippen molar-refractivity contribution in [3.63, 3.8) is 0 Å². The minimum absolute atomic E-state index is 0.443. The van der Waals surface area contributed by atoms with Crippen LogP contribution in [0.5, 0.6) is 0 Å². The van der Waals surface area contributed by atoms with E-state index >= 15 is 0 Å². The number of nitrogens with one attached hydrogen (secondary N) is 3. The number of aryl methyl sites for hydroxylation is 1. The van der Waals surface area contributed by atoms with E-state index in [9.17, 15) is 18.0 Å². The van der Waals surface area contributed by atoms with Crippen LogP contribution < -0.4 is 10.6 Å². The molecule has 140 valence electrons. The number of carbonyl (C=O) groups is 1. The van der Waals surface area contributed by atoms with Crippen molar-refractivity contribution in [1.82, 2.24) is 10.2 Å². The first-order chi connectivity index (χ1) is 12.7. The molecule has 2 aromatic carbocycles. The van der Waals surface area contributed by atoms with E-state index < -0.39 is 17.8 Å². The number of H-pyrrole nitrogens is 1. The lowest BCUT2D eigenvalue weighted by molar-refractivity contribution is -0.137. The highest BCUT2D eigenvalue weighted by molar-refractivity contribution is 5.83. The van der Waals surface area contributed by atoms with E-state index in [0.717, 1.165) is 23.4 Å². The van der Waals surface area contributed by atoms with Gasteiger partial charge in [-0.05, 0) is 48.4 Å². The molecule has 0 saturated carbocycles. The summed E-state index contributed by atoms with van der Waals surface area (Å²) < 4.78 is 37.9. The van der Waals surface area contributed by atoms with Gasteiger partial charge in [0.25, 0.3) is 0 Å². The number of hydrogen-bond acceptors (Lipinski definition) is 3. The van der Waals surface area contributed by atoms with Gasteiger partial charge in [-0.1, -0.05) is 12.1 Å². The molecule has 0 radical (unpaired) electrons. The van der Waals surface area contributed by atoms with Gasteiger partial charge in [0.1, 0.15) is 0 Å². The van der Waals surface area contributed by atoms with Crippen molar-refractivity contribution >= 4 is 23.3 Å². The Morgan fingerprint density at radius 3 is 2.41 bits per heavy atom. The Morgan fingerprint density at radius 1 is 1.11 bits per heavy atom. The summed E-state index contributed by atoms with van der Waals surface area (Å²) in [4.78, 5) is 10.7. The summed E-state index contributed by atoms with van der Waals surface area (Å²) >= 11 is 0. The maximum Gasteiger partial charge on any atom is 0.416 e. The number of amides is 1. The highest BCUT2D eigenvalue weighted by Crippen LogP contribution is 2.31. The van der Waals surface area contributed by atoms with Gasteiger partial charge in [-0.2, -0.15) is 18.3 Å². The Labute approximate surface area is 152 Å². The molecule has 0 atom stereocenters. The minimum atomic E-state index is -4.38. The van der Waals surface area contributed by atoms with Gasteiger partial charge < -0.3 is 10.4 Å². The van der Waals surface area contributed by atoms with Gasteiger partial charge in [0, 0.05) is 17.4 Å². The fourth-order valence-electron chi connectivity index (χ4n) is 2.52. The predicted molar refractivity (Wildman–Crippen MR) is 95.1 cm³/mol. The molecule has 9 heteroatoms. The lowest BCUT2D eigenvalue weighted by Gasteiger charge is -2.09. The second-order valence-electron chi connectivity index (χ2n) is 5.83. The van der Waals surface area contributed by atoms with Crippen LogP contribution in [-0.4, -0.2) is 21.4 Å². The summed E-state index contributed by atoms with van der Waals surface area (Å²) in [6, 6.07) is 11.4. The summed E-state index contributed by atoms with van der Waals surface area (Å²) in [6.07, 6.45) is -5.53. The second-order valence-corrected chi connectivity index (χ2v) is 5.83. The molecule has 27 heavy (non-hydrogen) atoms. The zero-order chi connectivity index (χ0) is 19.6. The number of benzene rings is 2. The molecular weight excluding hydrogens is 361 g/mol. The summed E-state index contributed by atoms with van der Waals surface area (Å²) in [5, 5.41) is 21.0. The number of nitrogens with zero attached hydrogens (tertiary/aromatic N) is 1. The van der Waals surface area contributed by atoms with Crippen molar-refractivity contribution < 1.29 is 23.1 Å². The van der Waals surface area contributed by atoms with Gasteiger partial charge in [-0.25, -0.2) is 4.79 Å². The van der Waals surface area contributed by atoms with E-state index in [2.05, 4.69) is 20.8 Å². The third kappa shape index (κ3) is 4.38. The first-order valence-electron chi connectivity index (χ1n) is 7.83. The largest absolute Gasteiger partial charge is 0.465 e. The van der Waals surface area contributed by atoms with E-state index in [-0.39, 0.29) is 0 Å². The number of rotatable bonds is 4. The average molecular weight is 376 g/mol. The van der Waals surface area contributed by atoms with Gasteiger partial charge in [0.05, 0.1) is 11.3 Å². The summed E-state index contributed by atoms with van der Waals surface area (Å²) in [6.45, 7) is 1.80. The molecule has 0 aliphatic carbocycles. The van der Waals surface area contributed by atoms with Crippen molar-refractivity contribution in [3.8, 4) is 11.3 Å². The Hall–Kier alpha value is -3.49. The van der Waals surface area contributed by atoms with Gasteiger partial charge in [-0.3, -0.25) is 10.4 Å². The Bertz CT molecular complexity index is 965. The number of anilines is 3. The number of carboxylic acid groups (broad SMARTS) is 1. The fraction of sp³-hybridized carbons (Fsp3) is 0.111. The second kappa shape index (κ2) is 7.02. The predicted octanol–water partition coefficient (Wildman–Crippen LogP) is 5.24. The van der Waals surface area contributed by atoms with Crippen LogP contribution in [0, 0.1) is 6.92 Å². The van der Waals surface area contributed by atoms with Gasteiger partial charge in [-0.15, -0.1) is 0 Å². The molecule has 1 amide bonds. The van der Waals surface area contributed by atoms with Crippen LogP contribution in [0.4, 0.5) is 35.2 Å². The van der Waals surface area contributed by atoms with E-state index in [4.69, 9.17) is 5.11 Å². The monoisotopic (exact) mass is 376 g/mol. The SMILES string of the molecule is Cc1cc(NC(=O)O)ccc1Nc1cc(-c2ccc(C(F)(F)F)cc2)[nH]n1. The van der Waals surface area contributed by atoms with E-state index in [0.29, 0.717) is 22.8 Å². The first-order valence-corrected chi connectivity index (χ1v) is 7.83. The van der Waals surface area contributed by atoms with Crippen LogP contribution in [0.3, 0.4) is 0 Å². The van der Waals surface area contributed by atoms with Crippen molar-refractivity contribution in [2.45, 2.75) is 13.1 Å². The molecule has 0 spiro atoms. The molecule has 0 unspecified atom stereocenters. The number of hydrogen-bond donors (Lipinski definition) is 4. The summed E-state index contributed by atoms with van der Waals surface area (Å²) in [5.41, 5.74) is 2.37. The highest BCUT2D eigenvalue weighted by Gasteiger charge is 2.30. The summed E-state index contributed by atoms with van der Waals surface area (Å²) in [5.74, 6) is 0.479. The Morgan fingerprint density at radius 2 is 1.81 bits per heavy atom. The quantitative estimate of drug-likeness (QED) is 0.501. The lowest BCUT2D eigenvalue weighted by atomic mass is 10.1. The van der Waals surface area contributed by atoms with Crippen LogP contribution in [-0.2, 0) is 6.18 Å². The third-order valence-corrected chi connectivity index (χ3v) is 3.84. The van der Waals surface area contributed by atoms with Gasteiger partial charge in [0.2, 0.25) is 0 Å². The van der Waals surface area contributed by atoms with Crippen molar-refractivity contribution in [2.24, 2.45) is 0 Å². The van der Waals surface area contributed by atoms with Gasteiger partial charge >= 0.3 is 12.3 Å². The van der Waals surface area contributed by atoms with E-state index in [1.54, 1.807) is 31.2 Å². The Kier molecular flexibility index (Phi) is 4.76. The molecule has 0 fully saturated rings. The van der Waals surface area contributed by atoms with Crippen LogP contribution in [0.15, 0.2) is 48.5 Å². The van der Waals surface area contributed by atoms with Crippen LogP contribution >= 0.6 is 0 Å². The lowest BCUT2D eigenvalue weighted by Crippen LogP contribution is -2.07. The molecule has 0 aliphatic heterocycles. The molecule has 0 saturated heterocycles. The standard InChI is InChI=1S/C18H15F3N4O2/c1-10-8-13(22-17(26)27)6-7-14(10)23-16-9-15(24-25-16)11-2-4-12(5-3-11)18(19,20)21/h2-9,22H,1H3,(H,26,27)(H2,23,24,25). The van der Waals surface area contributed by atoms with Crippen molar-refractivity contribution in [1.29, 1.82) is 0 Å². The molecule has 6 nitrogen and oxygen atoms in total. The molecular formula is C18H15F3N4O2. The topological polar surface area (TPSA) is 90.0 Å². The fourth-order valence-corrected chi connectivity index (χ4v) is 2.52. The highest BCUT2D eigenvalue weighted by atomic mass is 19.4. The van der Waals surface area contributed by atoms with Crippen LogP contribution in [0.2, 0.25) is 0 Å². The van der Waals surface area contributed by atoms with Crippen molar-refractivity contribution in [2.75, 3.05) is 10.6 Å². The zero-order valence-electron chi connectivity index (χ0n) is 14.1. The normalized spacial score (nSPS) is 11.3. The molecule has 3 aromatic rings. The third-order valence-electron chi connectivity index (χ3n) is 3.84. The van der Waals surface area contributed by atoms with E-state index in [1.165, 1.54) is 12.1 Å². The van der Waals surface area contributed by atoms with Crippen LogP contribution in [0.1, 0.15) is 11.1 Å². The van der Waals surface area contributed by atoms with Crippen molar-refractivity contribution in [3.05, 3.63) is 59.7 Å². The number of aromatic nitrogens is 2. The minimum Gasteiger partial charge on any atom is -0.465 e. The molecule has 4 N–H and O–H groups in total. The Balaban J connectivity index is 1.75. The number of halogens is 3. The maximum absolute atomic E-state index is 12.6. The molecule has 1 aromatic heterocycles. The molecule has 1 heterocycles. The number of aromatic amines is 1. The molecule has 0 aliphatic rings. The molecule has 0 bridgehead atoms. The van der Waals surface area contributed by atoms with Crippen LogP contribution in [0.25, 0.3) is 11.3 Å².